The Labute approximate surface area is 241 Å². The Bertz CT molecular complexity index is 1470. The second-order valence-electron chi connectivity index (χ2n) is 7.32. The Balaban J connectivity index is 1.52. The van der Waals surface area contributed by atoms with Crippen LogP contribution in [0, 0.1) is 10.7 Å². The molecule has 5 rings (SSSR count). The fourth-order valence-electron chi connectivity index (χ4n) is 3.68. The van der Waals surface area contributed by atoms with E-state index < -0.39 is 26.7 Å². The molecule has 0 fully saturated rings. The first-order chi connectivity index (χ1) is 16.3. The molecule has 34 heavy (non-hydrogen) atoms. The van der Waals surface area contributed by atoms with Crippen molar-refractivity contribution >= 4 is 94.5 Å². The van der Waals surface area contributed by atoms with Crippen molar-refractivity contribution in [3.8, 4) is 5.75 Å². The maximum absolute atomic E-state index is 13.2. The summed E-state index contributed by atoms with van der Waals surface area (Å²) in [5.74, 6) is 0.122. The van der Waals surface area contributed by atoms with Gasteiger partial charge < -0.3 is 4.74 Å². The molecule has 4 nitrogen and oxygen atoms in total. The van der Waals surface area contributed by atoms with Gasteiger partial charge in [0.25, 0.3) is 0 Å². The average molecular weight is 823 g/mol. The quantitative estimate of drug-likeness (QED) is 0.0856. The van der Waals surface area contributed by atoms with Gasteiger partial charge in [0.15, 0.2) is 20.4 Å². The summed E-state index contributed by atoms with van der Waals surface area (Å²) in [6, 6.07) is 25.5. The lowest BCUT2D eigenvalue weighted by atomic mass is 10.2. The summed E-state index contributed by atoms with van der Waals surface area (Å²) < 4.78 is 34.9. The molecule has 1 heterocycles. The molecule has 1 aliphatic rings. The van der Waals surface area contributed by atoms with Gasteiger partial charge in [0, 0.05) is 3.57 Å². The van der Waals surface area contributed by atoms with Crippen molar-refractivity contribution in [3.63, 3.8) is 0 Å². The van der Waals surface area contributed by atoms with Crippen molar-refractivity contribution < 1.29 is 17.9 Å². The van der Waals surface area contributed by atoms with Crippen LogP contribution in [0.4, 0.5) is 0 Å². The zero-order valence-electron chi connectivity index (χ0n) is 17.2. The number of carbonyl (C=O) groups is 1. The van der Waals surface area contributed by atoms with Gasteiger partial charge in [0.05, 0.1) is 12.7 Å². The topological polar surface area (TPSA) is 60.4 Å². The summed E-state index contributed by atoms with van der Waals surface area (Å²) in [5.41, 5.74) is 0.434. The van der Waals surface area contributed by atoms with Crippen molar-refractivity contribution in [2.24, 2.45) is 0 Å². The standard InChI is InChI=1S/C25H14I3O4S2/c26-16-13-18(27)24(19(28)14-16)32-25(29)15-9-11-17(12-10-15)33-20-5-1-3-7-22(20)34(30,31)23-8-4-2-6-21(23)33/h1-14H/q+1. The zero-order chi connectivity index (χ0) is 24.0. The molecular formula is C25H14I3O4S2+. The molecule has 170 valence electrons. The van der Waals surface area contributed by atoms with Crippen molar-refractivity contribution in [3.05, 3.63) is 101 Å². The molecule has 0 spiro atoms. The fraction of sp³-hybridized carbons (Fsp3) is 0. The summed E-state index contributed by atoms with van der Waals surface area (Å²) in [4.78, 5) is 16.0. The molecule has 0 aliphatic carbocycles. The molecule has 0 unspecified atom stereocenters. The highest BCUT2D eigenvalue weighted by molar-refractivity contribution is 14.1. The third-order valence-electron chi connectivity index (χ3n) is 5.20. The van der Waals surface area contributed by atoms with E-state index in [4.69, 9.17) is 4.74 Å². The minimum absolute atomic E-state index is 0.336. The van der Waals surface area contributed by atoms with Crippen LogP contribution in [-0.4, -0.2) is 14.4 Å². The van der Waals surface area contributed by atoms with Crippen LogP contribution < -0.4 is 4.74 Å². The van der Waals surface area contributed by atoms with Gasteiger partial charge in [0.1, 0.15) is 20.7 Å². The van der Waals surface area contributed by atoms with Crippen LogP contribution in [0.2, 0.25) is 0 Å². The average Bonchev–Trinajstić information content (AvgIpc) is 2.82. The van der Waals surface area contributed by atoms with Crippen LogP contribution in [0.15, 0.2) is 109 Å². The van der Waals surface area contributed by atoms with Crippen molar-refractivity contribution in [1.82, 2.24) is 0 Å². The highest BCUT2D eigenvalue weighted by Crippen LogP contribution is 2.44. The van der Waals surface area contributed by atoms with Gasteiger partial charge in [0.2, 0.25) is 9.84 Å². The third-order valence-corrected chi connectivity index (χ3v) is 11.9. The lowest BCUT2D eigenvalue weighted by Gasteiger charge is -2.19. The number of hydrogen-bond donors (Lipinski definition) is 0. The first-order valence-electron chi connectivity index (χ1n) is 9.91. The molecular weight excluding hydrogens is 809 g/mol. The van der Waals surface area contributed by atoms with Crippen molar-refractivity contribution in [2.75, 3.05) is 0 Å². The lowest BCUT2D eigenvalue weighted by molar-refractivity contribution is 0.0732. The molecule has 4 aromatic carbocycles. The van der Waals surface area contributed by atoms with E-state index in [9.17, 15) is 13.2 Å². The molecule has 0 N–H and O–H groups in total. The third kappa shape index (κ3) is 4.42. The second kappa shape index (κ2) is 9.71. The summed E-state index contributed by atoms with van der Waals surface area (Å²) in [6.45, 7) is 0. The molecule has 1 aliphatic heterocycles. The van der Waals surface area contributed by atoms with E-state index in [0.29, 0.717) is 21.1 Å². The Morgan fingerprint density at radius 3 is 1.76 bits per heavy atom. The predicted molar refractivity (Wildman–Crippen MR) is 156 cm³/mol. The molecule has 0 saturated heterocycles. The molecule has 0 radical (unpaired) electrons. The fourth-order valence-corrected chi connectivity index (χ4v) is 12.2. The summed E-state index contributed by atoms with van der Waals surface area (Å²) >= 11 is 6.57. The van der Waals surface area contributed by atoms with E-state index in [1.54, 1.807) is 36.4 Å². The van der Waals surface area contributed by atoms with E-state index in [-0.39, 0.29) is 0 Å². The molecule has 4 aromatic rings. The van der Waals surface area contributed by atoms with E-state index >= 15 is 0 Å². The predicted octanol–water partition coefficient (Wildman–Crippen LogP) is 6.96. The summed E-state index contributed by atoms with van der Waals surface area (Å²) in [7, 11) is -4.19. The normalized spacial score (nSPS) is 14.2. The Kier molecular flexibility index (Phi) is 7.01. The molecule has 0 aromatic heterocycles. The molecule has 9 heteroatoms. The Hall–Kier alpha value is -1.16. The largest absolute Gasteiger partial charge is 0.421 e. The van der Waals surface area contributed by atoms with Gasteiger partial charge >= 0.3 is 5.97 Å². The minimum Gasteiger partial charge on any atom is -0.421 e. The summed E-state index contributed by atoms with van der Waals surface area (Å²) in [5, 5.41) is 0. The number of benzene rings is 4. The van der Waals surface area contributed by atoms with Crippen LogP contribution in [-0.2, 0) is 20.7 Å². The van der Waals surface area contributed by atoms with Crippen molar-refractivity contribution in [2.45, 2.75) is 24.5 Å². The Morgan fingerprint density at radius 2 is 1.24 bits per heavy atom. The number of carbonyl (C=O) groups excluding carboxylic acids is 1. The van der Waals surface area contributed by atoms with Gasteiger partial charge in [-0.25, -0.2) is 13.2 Å². The molecule has 0 amide bonds. The van der Waals surface area contributed by atoms with Crippen molar-refractivity contribution in [1.29, 1.82) is 0 Å². The van der Waals surface area contributed by atoms with Crippen LogP contribution in [0.25, 0.3) is 0 Å². The number of hydrogen-bond acceptors (Lipinski definition) is 4. The van der Waals surface area contributed by atoms with E-state index in [1.165, 1.54) is 0 Å². The number of fused-ring (bicyclic) bond motifs is 2. The van der Waals surface area contributed by atoms with Crippen LogP contribution >= 0.6 is 67.8 Å². The number of sulfone groups is 1. The Morgan fingerprint density at radius 1 is 0.735 bits per heavy atom. The van der Waals surface area contributed by atoms with Gasteiger partial charge in [-0.05, 0) is 128 Å². The number of halogens is 3. The molecule has 0 bridgehead atoms. The maximum Gasteiger partial charge on any atom is 0.343 e. The van der Waals surface area contributed by atoms with Gasteiger partial charge in [-0.15, -0.1) is 0 Å². The van der Waals surface area contributed by atoms with Crippen LogP contribution in [0.3, 0.4) is 0 Å². The number of ether oxygens (including phenoxy) is 1. The first-order valence-corrected chi connectivity index (χ1v) is 15.9. The SMILES string of the molecule is O=C(Oc1c(I)cc(I)cc1I)c1ccc([S+]2c3ccccc3S(=O)(=O)c3ccccc32)cc1. The zero-order valence-corrected chi connectivity index (χ0v) is 25.3. The van der Waals surface area contributed by atoms with Crippen LogP contribution in [0.1, 0.15) is 10.4 Å². The lowest BCUT2D eigenvalue weighted by Crippen LogP contribution is -2.20. The smallest absolute Gasteiger partial charge is 0.343 e. The maximum atomic E-state index is 13.2. The minimum atomic E-state index is -3.58. The van der Waals surface area contributed by atoms with Crippen LogP contribution in [0.5, 0.6) is 5.75 Å². The number of esters is 1. The van der Waals surface area contributed by atoms with Gasteiger partial charge in [-0.2, -0.15) is 0 Å². The molecule has 0 atom stereocenters. The van der Waals surface area contributed by atoms with Gasteiger partial charge in [-0.3, -0.25) is 0 Å². The van der Waals surface area contributed by atoms with E-state index in [1.807, 2.05) is 48.5 Å². The number of rotatable bonds is 3. The molecule has 0 saturated carbocycles. The van der Waals surface area contributed by atoms with E-state index in [2.05, 4.69) is 67.8 Å². The monoisotopic (exact) mass is 823 g/mol. The highest BCUT2D eigenvalue weighted by atomic mass is 127. The first kappa shape index (κ1) is 24.5. The van der Waals surface area contributed by atoms with E-state index in [0.717, 1.165) is 25.4 Å². The van der Waals surface area contributed by atoms with Gasteiger partial charge in [-0.1, -0.05) is 24.3 Å². The highest BCUT2D eigenvalue weighted by Gasteiger charge is 2.44. The second-order valence-corrected chi connectivity index (χ2v) is 14.7. The summed E-state index contributed by atoms with van der Waals surface area (Å²) in [6.07, 6.45) is 0.